The fourth-order valence-electron chi connectivity index (χ4n) is 3.18. The molecule has 0 spiro atoms. The number of hydrogen-bond acceptors (Lipinski definition) is 1. The SMILES string of the molecule is CCCCNC(=O)CC(c1cccc(Cl)c1)c1c[nH]c2ccccc12. The Bertz CT molecular complexity index is 856. The zero-order chi connectivity index (χ0) is 17.6. The average Bonchev–Trinajstić information content (AvgIpc) is 3.04. The van der Waals surface area contributed by atoms with E-state index >= 15 is 0 Å². The molecule has 0 aliphatic carbocycles. The van der Waals surface area contributed by atoms with E-state index in [-0.39, 0.29) is 11.8 Å². The van der Waals surface area contributed by atoms with Crippen LogP contribution in [0.2, 0.25) is 5.02 Å². The highest BCUT2D eigenvalue weighted by molar-refractivity contribution is 6.30. The molecule has 4 heteroatoms. The van der Waals surface area contributed by atoms with Gasteiger partial charge in [0.2, 0.25) is 5.91 Å². The molecule has 130 valence electrons. The quantitative estimate of drug-likeness (QED) is 0.558. The Morgan fingerprint density at radius 2 is 2.04 bits per heavy atom. The van der Waals surface area contributed by atoms with Crippen LogP contribution in [0.4, 0.5) is 0 Å². The number of carbonyl (C=O) groups is 1. The second-order valence-corrected chi connectivity index (χ2v) is 6.74. The molecule has 0 aliphatic heterocycles. The first-order chi connectivity index (χ1) is 12.2. The summed E-state index contributed by atoms with van der Waals surface area (Å²) in [5.74, 6) is 0.0418. The standard InChI is InChI=1S/C21H23ClN2O/c1-2-3-11-23-21(25)13-18(15-7-6-8-16(22)12-15)19-14-24-20-10-5-4-9-17(19)20/h4-10,12,14,18,24H,2-3,11,13H2,1H3,(H,23,25). The van der Waals surface area contributed by atoms with Crippen LogP contribution >= 0.6 is 11.6 Å². The van der Waals surface area contributed by atoms with Crippen molar-refractivity contribution >= 4 is 28.4 Å². The summed E-state index contributed by atoms with van der Waals surface area (Å²) >= 11 is 6.20. The van der Waals surface area contributed by atoms with Crippen molar-refractivity contribution in [2.45, 2.75) is 32.1 Å². The molecule has 1 atom stereocenters. The molecular formula is C21H23ClN2O. The van der Waals surface area contributed by atoms with Gasteiger partial charge >= 0.3 is 0 Å². The summed E-state index contributed by atoms with van der Waals surface area (Å²) in [6.07, 6.45) is 4.49. The summed E-state index contributed by atoms with van der Waals surface area (Å²) in [5, 5.41) is 4.86. The van der Waals surface area contributed by atoms with Gasteiger partial charge in [0, 0.05) is 41.0 Å². The zero-order valence-electron chi connectivity index (χ0n) is 14.4. The number of para-hydroxylation sites is 1. The largest absolute Gasteiger partial charge is 0.361 e. The van der Waals surface area contributed by atoms with Crippen LogP contribution in [0.5, 0.6) is 0 Å². The number of H-pyrrole nitrogens is 1. The van der Waals surface area contributed by atoms with Crippen molar-refractivity contribution in [3.63, 3.8) is 0 Å². The monoisotopic (exact) mass is 354 g/mol. The molecule has 3 aromatic rings. The van der Waals surface area contributed by atoms with Crippen molar-refractivity contribution in [2.24, 2.45) is 0 Å². The van der Waals surface area contributed by atoms with Gasteiger partial charge in [0.05, 0.1) is 0 Å². The van der Waals surface area contributed by atoms with Crippen molar-refractivity contribution in [2.75, 3.05) is 6.54 Å². The predicted molar refractivity (Wildman–Crippen MR) is 104 cm³/mol. The molecule has 2 N–H and O–H groups in total. The Hall–Kier alpha value is -2.26. The predicted octanol–water partition coefficient (Wildman–Crippen LogP) is 5.26. The summed E-state index contributed by atoms with van der Waals surface area (Å²) in [6.45, 7) is 2.85. The van der Waals surface area contributed by atoms with Crippen LogP contribution in [0.15, 0.2) is 54.7 Å². The van der Waals surface area contributed by atoms with Crippen molar-refractivity contribution in [3.05, 3.63) is 70.9 Å². The zero-order valence-corrected chi connectivity index (χ0v) is 15.1. The maximum atomic E-state index is 12.5. The van der Waals surface area contributed by atoms with Crippen LogP contribution in [0.3, 0.4) is 0 Å². The number of carbonyl (C=O) groups excluding carboxylic acids is 1. The number of nitrogens with one attached hydrogen (secondary N) is 2. The average molecular weight is 355 g/mol. The molecule has 0 radical (unpaired) electrons. The summed E-state index contributed by atoms with van der Waals surface area (Å²) in [5.41, 5.74) is 3.27. The maximum Gasteiger partial charge on any atom is 0.220 e. The van der Waals surface area contributed by atoms with Crippen LogP contribution in [0, 0.1) is 0 Å². The second kappa shape index (κ2) is 8.21. The molecule has 0 bridgehead atoms. The molecule has 25 heavy (non-hydrogen) atoms. The van der Waals surface area contributed by atoms with Crippen molar-refractivity contribution in [1.29, 1.82) is 0 Å². The third kappa shape index (κ3) is 4.23. The van der Waals surface area contributed by atoms with Crippen LogP contribution < -0.4 is 5.32 Å². The smallest absolute Gasteiger partial charge is 0.220 e. The van der Waals surface area contributed by atoms with Gasteiger partial charge in [0.15, 0.2) is 0 Å². The van der Waals surface area contributed by atoms with Gasteiger partial charge in [-0.25, -0.2) is 0 Å². The number of benzene rings is 2. The number of amides is 1. The molecule has 3 nitrogen and oxygen atoms in total. The number of halogens is 1. The topological polar surface area (TPSA) is 44.9 Å². The third-order valence-corrected chi connectivity index (χ3v) is 4.72. The number of aromatic amines is 1. The molecule has 0 saturated carbocycles. The molecule has 1 aromatic heterocycles. The number of unbranched alkanes of at least 4 members (excludes halogenated alkanes) is 1. The summed E-state index contributed by atoms with van der Waals surface area (Å²) in [6, 6.07) is 16.0. The van der Waals surface area contributed by atoms with E-state index in [4.69, 9.17) is 11.6 Å². The number of aromatic nitrogens is 1. The van der Waals surface area contributed by atoms with Crippen molar-refractivity contribution in [3.8, 4) is 0 Å². The van der Waals surface area contributed by atoms with Crippen LogP contribution in [-0.4, -0.2) is 17.4 Å². The Balaban J connectivity index is 1.93. The van der Waals surface area contributed by atoms with Gasteiger partial charge < -0.3 is 10.3 Å². The molecule has 1 heterocycles. The van der Waals surface area contributed by atoms with Crippen molar-refractivity contribution < 1.29 is 4.79 Å². The molecule has 0 fully saturated rings. The first kappa shape index (κ1) is 17.6. The normalized spacial score (nSPS) is 12.2. The van der Waals surface area contributed by atoms with Gasteiger partial charge in [-0.3, -0.25) is 4.79 Å². The first-order valence-electron chi connectivity index (χ1n) is 8.77. The second-order valence-electron chi connectivity index (χ2n) is 6.30. The van der Waals surface area contributed by atoms with Gasteiger partial charge in [-0.05, 0) is 35.7 Å². The first-order valence-corrected chi connectivity index (χ1v) is 9.15. The highest BCUT2D eigenvalue weighted by atomic mass is 35.5. The highest BCUT2D eigenvalue weighted by Gasteiger charge is 2.21. The Morgan fingerprint density at radius 3 is 2.84 bits per heavy atom. The van der Waals surface area contributed by atoms with Gasteiger partial charge in [0.1, 0.15) is 0 Å². The summed E-state index contributed by atoms with van der Waals surface area (Å²) < 4.78 is 0. The van der Waals surface area contributed by atoms with E-state index in [1.54, 1.807) is 0 Å². The lowest BCUT2D eigenvalue weighted by atomic mass is 9.88. The van der Waals surface area contributed by atoms with Crippen LogP contribution in [0.25, 0.3) is 10.9 Å². The highest BCUT2D eigenvalue weighted by Crippen LogP contribution is 2.34. The Labute approximate surface area is 153 Å². The summed E-state index contributed by atoms with van der Waals surface area (Å²) in [4.78, 5) is 15.8. The fraction of sp³-hybridized carbons (Fsp3) is 0.286. The fourth-order valence-corrected chi connectivity index (χ4v) is 3.37. The Kier molecular flexibility index (Phi) is 5.77. The molecule has 0 saturated heterocycles. The van der Waals surface area contributed by atoms with E-state index in [0.717, 1.165) is 41.4 Å². The van der Waals surface area contributed by atoms with E-state index in [1.807, 2.05) is 42.6 Å². The van der Waals surface area contributed by atoms with E-state index in [9.17, 15) is 4.79 Å². The molecule has 3 rings (SSSR count). The number of rotatable bonds is 7. The lowest BCUT2D eigenvalue weighted by molar-refractivity contribution is -0.121. The van der Waals surface area contributed by atoms with E-state index in [1.165, 1.54) is 0 Å². The minimum atomic E-state index is -0.0310. The minimum absolute atomic E-state index is 0.0310. The molecule has 1 unspecified atom stereocenters. The Morgan fingerprint density at radius 1 is 1.20 bits per heavy atom. The van der Waals surface area contributed by atoms with E-state index in [0.29, 0.717) is 11.4 Å². The minimum Gasteiger partial charge on any atom is -0.361 e. The van der Waals surface area contributed by atoms with Gasteiger partial charge in [0.25, 0.3) is 0 Å². The van der Waals surface area contributed by atoms with E-state index < -0.39 is 0 Å². The third-order valence-electron chi connectivity index (χ3n) is 4.49. The van der Waals surface area contributed by atoms with Crippen LogP contribution in [0.1, 0.15) is 43.2 Å². The molecular weight excluding hydrogens is 332 g/mol. The van der Waals surface area contributed by atoms with Gasteiger partial charge in [-0.15, -0.1) is 0 Å². The van der Waals surface area contributed by atoms with Crippen molar-refractivity contribution in [1.82, 2.24) is 10.3 Å². The van der Waals surface area contributed by atoms with E-state index in [2.05, 4.69) is 29.4 Å². The lowest BCUT2D eigenvalue weighted by Crippen LogP contribution is -2.26. The number of hydrogen-bond donors (Lipinski definition) is 2. The summed E-state index contributed by atoms with van der Waals surface area (Å²) in [7, 11) is 0. The van der Waals surface area contributed by atoms with Crippen LogP contribution in [-0.2, 0) is 4.79 Å². The van der Waals surface area contributed by atoms with Gasteiger partial charge in [-0.1, -0.05) is 55.3 Å². The molecule has 0 aliphatic rings. The lowest BCUT2D eigenvalue weighted by Gasteiger charge is -2.17. The van der Waals surface area contributed by atoms with Gasteiger partial charge in [-0.2, -0.15) is 0 Å². The maximum absolute atomic E-state index is 12.5. The number of fused-ring (bicyclic) bond motifs is 1. The molecule has 2 aromatic carbocycles. The molecule has 1 amide bonds.